The van der Waals surface area contributed by atoms with E-state index in [-0.39, 0.29) is 23.0 Å². The van der Waals surface area contributed by atoms with E-state index in [0.717, 1.165) is 12.8 Å². The van der Waals surface area contributed by atoms with Crippen molar-refractivity contribution in [3.63, 3.8) is 0 Å². The Morgan fingerprint density at radius 3 is 1.32 bits per heavy atom. The molecule has 0 aromatic rings. The Morgan fingerprint density at radius 2 is 1.00 bits per heavy atom. The summed E-state index contributed by atoms with van der Waals surface area (Å²) in [4.78, 5) is 10.9. The normalized spacial score (nSPS) is 10.3. The van der Waals surface area contributed by atoms with Crippen LogP contribution in [0.15, 0.2) is 0 Å². The first-order valence-corrected chi connectivity index (χ1v) is 9.68. The van der Waals surface area contributed by atoms with Crippen molar-refractivity contribution in [1.82, 2.24) is 0 Å². The van der Waals surface area contributed by atoms with Gasteiger partial charge in [0, 0.05) is 23.5 Å². The molecule has 0 aliphatic rings. The van der Waals surface area contributed by atoms with Crippen LogP contribution < -0.4 is 0 Å². The summed E-state index contributed by atoms with van der Waals surface area (Å²) in [6.45, 7) is 2.28. The third-order valence-electron chi connectivity index (χ3n) is 4.12. The minimum absolute atomic E-state index is 0. The molecule has 0 rings (SSSR count). The second-order valence-electron chi connectivity index (χ2n) is 6.19. The Hall–Kier alpha value is 0.419. The average Bonchev–Trinajstić information content (AvgIpc) is 2.50. The van der Waals surface area contributed by atoms with E-state index >= 15 is 0 Å². The van der Waals surface area contributed by atoms with Gasteiger partial charge < -0.3 is 4.52 Å². The minimum atomic E-state index is -0.102. The molecule has 0 saturated carbocycles. The molecule has 22 heavy (non-hydrogen) atoms. The van der Waals surface area contributed by atoms with E-state index in [4.69, 9.17) is 0 Å². The Labute approximate surface area is 151 Å². The molecule has 0 aliphatic carbocycles. The van der Waals surface area contributed by atoms with Crippen molar-refractivity contribution in [3.8, 4) is 0 Å². The first-order chi connectivity index (χ1) is 10.3. The van der Waals surface area contributed by atoms with Gasteiger partial charge in [0.25, 0.3) is 0 Å². The van der Waals surface area contributed by atoms with Crippen molar-refractivity contribution < 1.29 is 26.4 Å². The Bertz CT molecular complexity index is 225. The van der Waals surface area contributed by atoms with Crippen LogP contribution in [-0.4, -0.2) is 5.97 Å². The summed E-state index contributed by atoms with van der Waals surface area (Å²) in [5, 5.41) is 0. The number of hydrogen-bond donors (Lipinski definition) is 0. The molecule has 4 heteroatoms. The van der Waals surface area contributed by atoms with E-state index in [1.165, 1.54) is 83.5 Å². The fourth-order valence-electron chi connectivity index (χ4n) is 2.70. The van der Waals surface area contributed by atoms with Gasteiger partial charge in [0.05, 0.1) is 9.47 Å². The summed E-state index contributed by atoms with van der Waals surface area (Å²) < 4.78 is 4.55. The fourth-order valence-corrected chi connectivity index (χ4v) is 2.82. The smallest absolute Gasteiger partial charge is 0.307 e. The molecule has 1 unspecified atom stereocenters. The summed E-state index contributed by atoms with van der Waals surface area (Å²) in [5.41, 5.74) is 0. The van der Waals surface area contributed by atoms with E-state index < -0.39 is 0 Å². The molecule has 0 bridgehead atoms. The Kier molecular flexibility index (Phi) is 24.0. The zero-order valence-electron chi connectivity index (χ0n) is 14.6. The molecule has 1 atom stereocenters. The van der Waals surface area contributed by atoms with Gasteiger partial charge in [0.1, 0.15) is 0 Å². The van der Waals surface area contributed by atoms with Gasteiger partial charge in [-0.1, -0.05) is 96.8 Å². The number of carbonyl (C=O) groups is 1. The fraction of sp³-hybridized carbons (Fsp3) is 0.944. The third kappa shape index (κ3) is 20.4. The molecule has 2 nitrogen and oxygen atoms in total. The first kappa shape index (κ1) is 24.7. The molecule has 0 N–H and O–H groups in total. The summed E-state index contributed by atoms with van der Waals surface area (Å²) in [5.74, 6) is -0.102. The zero-order valence-corrected chi connectivity index (χ0v) is 16.9. The van der Waals surface area contributed by atoms with Gasteiger partial charge in [-0.2, -0.15) is 0 Å². The molecular formula is C18H37MnO2P. The van der Waals surface area contributed by atoms with E-state index in [0.29, 0.717) is 6.42 Å². The summed E-state index contributed by atoms with van der Waals surface area (Å²) in [7, 11) is 2.02. The van der Waals surface area contributed by atoms with Crippen LogP contribution in [0.1, 0.15) is 110 Å². The van der Waals surface area contributed by atoms with Crippen molar-refractivity contribution in [1.29, 1.82) is 0 Å². The van der Waals surface area contributed by atoms with Crippen LogP contribution in [0, 0.1) is 0 Å². The maximum Gasteiger partial charge on any atom is 0.307 e. The Morgan fingerprint density at radius 1 is 0.682 bits per heavy atom. The van der Waals surface area contributed by atoms with Crippen LogP contribution in [0.5, 0.6) is 0 Å². The third-order valence-corrected chi connectivity index (χ3v) is 4.38. The van der Waals surface area contributed by atoms with Crippen molar-refractivity contribution >= 4 is 15.4 Å². The molecule has 0 spiro atoms. The van der Waals surface area contributed by atoms with E-state index in [2.05, 4.69) is 11.4 Å². The second-order valence-corrected chi connectivity index (χ2v) is 6.43. The Balaban J connectivity index is 0. The molecule has 0 heterocycles. The predicted octanol–water partition coefficient (Wildman–Crippen LogP) is 6.58. The van der Waals surface area contributed by atoms with Gasteiger partial charge in [0.15, 0.2) is 0 Å². The molecule has 0 aromatic heterocycles. The zero-order chi connectivity index (χ0) is 15.6. The second kappa shape index (κ2) is 21.4. The molecule has 0 saturated heterocycles. The van der Waals surface area contributed by atoms with Crippen LogP contribution in [0.4, 0.5) is 0 Å². The van der Waals surface area contributed by atoms with Gasteiger partial charge in [0.2, 0.25) is 0 Å². The van der Waals surface area contributed by atoms with E-state index in [9.17, 15) is 4.79 Å². The topological polar surface area (TPSA) is 26.3 Å². The monoisotopic (exact) mass is 371 g/mol. The molecule has 133 valence electrons. The van der Waals surface area contributed by atoms with Crippen LogP contribution >= 0.6 is 9.47 Å². The molecule has 0 fully saturated rings. The quantitative estimate of drug-likeness (QED) is 0.174. The van der Waals surface area contributed by atoms with E-state index in [1.54, 1.807) is 0 Å². The number of carbonyl (C=O) groups excluding carboxylic acids is 1. The largest absolute Gasteiger partial charge is 0.452 e. The molecule has 0 amide bonds. The minimum Gasteiger partial charge on any atom is -0.452 e. The van der Waals surface area contributed by atoms with Gasteiger partial charge in [-0.05, 0) is 6.42 Å². The maximum absolute atomic E-state index is 10.9. The summed E-state index contributed by atoms with van der Waals surface area (Å²) in [6.07, 6.45) is 20.9. The molecule has 1 radical (unpaired) electrons. The van der Waals surface area contributed by atoms with Crippen molar-refractivity contribution in [2.24, 2.45) is 0 Å². The average molecular weight is 371 g/mol. The van der Waals surface area contributed by atoms with Crippen molar-refractivity contribution in [2.75, 3.05) is 0 Å². The summed E-state index contributed by atoms with van der Waals surface area (Å²) in [6, 6.07) is 0. The van der Waals surface area contributed by atoms with E-state index in [1.807, 2.05) is 9.47 Å². The van der Waals surface area contributed by atoms with Crippen LogP contribution in [0.2, 0.25) is 0 Å². The van der Waals surface area contributed by atoms with Gasteiger partial charge in [-0.15, -0.1) is 0 Å². The predicted molar refractivity (Wildman–Crippen MR) is 95.3 cm³/mol. The number of rotatable bonds is 16. The maximum atomic E-state index is 10.9. The van der Waals surface area contributed by atoms with Gasteiger partial charge in [-0.3, -0.25) is 4.79 Å². The standard InChI is InChI=1S/C18H37O2P.Mn/c1-2-3-4-5-6-7-8-9-10-11-12-13-14-15-16-17-18(19)20-21;/h2-17,21H2,1H3;. The van der Waals surface area contributed by atoms with Crippen LogP contribution in [0.3, 0.4) is 0 Å². The van der Waals surface area contributed by atoms with Crippen LogP contribution in [0.25, 0.3) is 0 Å². The van der Waals surface area contributed by atoms with Crippen molar-refractivity contribution in [2.45, 2.75) is 110 Å². The molecular weight excluding hydrogens is 334 g/mol. The van der Waals surface area contributed by atoms with Crippen molar-refractivity contribution in [3.05, 3.63) is 0 Å². The SMILES string of the molecule is CCCCCCCCCCCCCCCCCC(=O)OP.[Mn]. The number of hydrogen-bond acceptors (Lipinski definition) is 2. The van der Waals surface area contributed by atoms with Crippen LogP contribution in [-0.2, 0) is 26.4 Å². The molecule has 0 aromatic carbocycles. The van der Waals surface area contributed by atoms with Gasteiger partial charge >= 0.3 is 5.97 Å². The molecule has 0 aliphatic heterocycles. The number of unbranched alkanes of at least 4 members (excludes halogenated alkanes) is 14. The van der Waals surface area contributed by atoms with Gasteiger partial charge in [-0.25, -0.2) is 0 Å². The first-order valence-electron chi connectivity index (χ1n) is 9.20. The summed E-state index contributed by atoms with van der Waals surface area (Å²) >= 11 is 0.